The molecule has 1 aromatic carbocycles. The predicted molar refractivity (Wildman–Crippen MR) is 101 cm³/mol. The van der Waals surface area contributed by atoms with E-state index in [0.29, 0.717) is 19.8 Å². The Morgan fingerprint density at radius 1 is 1.20 bits per heavy atom. The van der Waals surface area contributed by atoms with Gasteiger partial charge in [-0.25, -0.2) is 4.79 Å². The summed E-state index contributed by atoms with van der Waals surface area (Å²) in [6.45, 7) is 11.1. The minimum absolute atomic E-state index is 0.0160. The molecule has 1 aromatic rings. The Morgan fingerprint density at radius 2 is 1.92 bits per heavy atom. The zero-order chi connectivity index (χ0) is 18.1. The van der Waals surface area contributed by atoms with Crippen molar-refractivity contribution in [2.24, 2.45) is 0 Å². The Morgan fingerprint density at radius 3 is 2.60 bits per heavy atom. The van der Waals surface area contributed by atoms with Gasteiger partial charge in [0.05, 0.1) is 18.4 Å². The highest BCUT2D eigenvalue weighted by Crippen LogP contribution is 2.28. The third-order valence-electron chi connectivity index (χ3n) is 4.12. The molecule has 0 aliphatic carbocycles. The standard InChI is InChI=1S/C19H31N3O3/c1-4-24-18-9-6-5-8-17(18)21-11-13-22(14-12-21)19(23)20-10-7-15-25-16(2)3/h5-6,8-9,16H,4,7,10-15H2,1-3H3,(H,20,23). The van der Waals surface area contributed by atoms with E-state index in [4.69, 9.17) is 9.47 Å². The summed E-state index contributed by atoms with van der Waals surface area (Å²) in [4.78, 5) is 16.4. The summed E-state index contributed by atoms with van der Waals surface area (Å²) in [6, 6.07) is 8.10. The minimum atomic E-state index is 0.0160. The number of ether oxygens (including phenoxy) is 2. The van der Waals surface area contributed by atoms with E-state index in [1.807, 2.05) is 43.9 Å². The largest absolute Gasteiger partial charge is 0.492 e. The lowest BCUT2D eigenvalue weighted by Crippen LogP contribution is -2.52. The SMILES string of the molecule is CCOc1ccccc1N1CCN(C(=O)NCCCOC(C)C)CC1. The van der Waals surface area contributed by atoms with E-state index in [9.17, 15) is 4.79 Å². The maximum atomic E-state index is 12.2. The van der Waals surface area contributed by atoms with Gasteiger partial charge >= 0.3 is 6.03 Å². The van der Waals surface area contributed by atoms with Gasteiger partial charge in [-0.3, -0.25) is 0 Å². The molecule has 2 amide bonds. The van der Waals surface area contributed by atoms with Crippen LogP contribution in [0, 0.1) is 0 Å². The van der Waals surface area contributed by atoms with Gasteiger partial charge in [0.1, 0.15) is 5.75 Å². The lowest BCUT2D eigenvalue weighted by molar-refractivity contribution is 0.0771. The van der Waals surface area contributed by atoms with Crippen LogP contribution >= 0.6 is 0 Å². The van der Waals surface area contributed by atoms with Crippen LogP contribution in [0.15, 0.2) is 24.3 Å². The van der Waals surface area contributed by atoms with E-state index >= 15 is 0 Å². The van der Waals surface area contributed by atoms with Gasteiger partial charge in [-0.15, -0.1) is 0 Å². The second kappa shape index (κ2) is 10.1. The lowest BCUT2D eigenvalue weighted by Gasteiger charge is -2.36. The van der Waals surface area contributed by atoms with Crippen LogP contribution in [0.4, 0.5) is 10.5 Å². The van der Waals surface area contributed by atoms with E-state index < -0.39 is 0 Å². The number of nitrogens with one attached hydrogen (secondary N) is 1. The van der Waals surface area contributed by atoms with Crippen LogP contribution in [-0.4, -0.2) is 63.0 Å². The molecular formula is C19H31N3O3. The molecule has 2 rings (SSSR count). The summed E-state index contributed by atoms with van der Waals surface area (Å²) in [5.41, 5.74) is 1.11. The maximum absolute atomic E-state index is 12.2. The van der Waals surface area contributed by atoms with Crippen molar-refractivity contribution in [1.82, 2.24) is 10.2 Å². The van der Waals surface area contributed by atoms with Gasteiger partial charge in [-0.2, -0.15) is 0 Å². The second-order valence-corrected chi connectivity index (χ2v) is 6.38. The van der Waals surface area contributed by atoms with E-state index in [1.54, 1.807) is 0 Å². The van der Waals surface area contributed by atoms with Crippen molar-refractivity contribution >= 4 is 11.7 Å². The molecule has 0 radical (unpaired) electrons. The molecule has 1 heterocycles. The van der Waals surface area contributed by atoms with Crippen molar-refractivity contribution in [3.05, 3.63) is 24.3 Å². The number of carbonyl (C=O) groups is 1. The van der Waals surface area contributed by atoms with Crippen molar-refractivity contribution in [2.45, 2.75) is 33.3 Å². The van der Waals surface area contributed by atoms with Crippen LogP contribution in [-0.2, 0) is 4.74 Å². The van der Waals surface area contributed by atoms with E-state index in [0.717, 1.165) is 44.0 Å². The highest BCUT2D eigenvalue weighted by Gasteiger charge is 2.22. The van der Waals surface area contributed by atoms with Crippen molar-refractivity contribution in [2.75, 3.05) is 50.8 Å². The number of urea groups is 1. The topological polar surface area (TPSA) is 54.0 Å². The summed E-state index contributed by atoms with van der Waals surface area (Å²) in [6.07, 6.45) is 1.08. The molecule has 1 N–H and O–H groups in total. The molecule has 1 saturated heterocycles. The first-order valence-electron chi connectivity index (χ1n) is 9.23. The molecule has 0 bridgehead atoms. The molecule has 140 valence electrons. The molecule has 0 aromatic heterocycles. The van der Waals surface area contributed by atoms with Crippen molar-refractivity contribution in [1.29, 1.82) is 0 Å². The highest BCUT2D eigenvalue weighted by atomic mass is 16.5. The van der Waals surface area contributed by atoms with Gasteiger partial charge < -0.3 is 24.6 Å². The number of carbonyl (C=O) groups excluding carboxylic acids is 1. The highest BCUT2D eigenvalue weighted by molar-refractivity contribution is 5.74. The van der Waals surface area contributed by atoms with Gasteiger partial charge in [0, 0.05) is 39.3 Å². The maximum Gasteiger partial charge on any atom is 0.317 e. The third-order valence-corrected chi connectivity index (χ3v) is 4.12. The molecule has 1 aliphatic heterocycles. The average Bonchev–Trinajstić information content (AvgIpc) is 2.62. The monoisotopic (exact) mass is 349 g/mol. The number of para-hydroxylation sites is 2. The fraction of sp³-hybridized carbons (Fsp3) is 0.632. The van der Waals surface area contributed by atoms with E-state index in [-0.39, 0.29) is 12.1 Å². The molecule has 1 fully saturated rings. The number of piperazine rings is 1. The van der Waals surface area contributed by atoms with Gasteiger partial charge in [0.15, 0.2) is 0 Å². The fourth-order valence-electron chi connectivity index (χ4n) is 2.84. The van der Waals surface area contributed by atoms with Gasteiger partial charge in [-0.05, 0) is 39.3 Å². The number of hydrogen-bond donors (Lipinski definition) is 1. The molecule has 0 unspecified atom stereocenters. The van der Waals surface area contributed by atoms with Crippen molar-refractivity contribution < 1.29 is 14.3 Å². The first-order valence-corrected chi connectivity index (χ1v) is 9.23. The van der Waals surface area contributed by atoms with Gasteiger partial charge in [-0.1, -0.05) is 12.1 Å². The Hall–Kier alpha value is -1.95. The van der Waals surface area contributed by atoms with E-state index in [2.05, 4.69) is 16.3 Å². The Labute approximate surface area is 151 Å². The number of anilines is 1. The molecular weight excluding hydrogens is 318 g/mol. The summed E-state index contributed by atoms with van der Waals surface area (Å²) in [7, 11) is 0. The summed E-state index contributed by atoms with van der Waals surface area (Å²) in [5.74, 6) is 0.910. The van der Waals surface area contributed by atoms with E-state index in [1.165, 1.54) is 0 Å². The molecule has 1 aliphatic rings. The van der Waals surface area contributed by atoms with Crippen LogP contribution in [0.5, 0.6) is 5.75 Å². The fourth-order valence-corrected chi connectivity index (χ4v) is 2.84. The minimum Gasteiger partial charge on any atom is -0.492 e. The zero-order valence-electron chi connectivity index (χ0n) is 15.7. The Bertz CT molecular complexity index is 528. The number of amides is 2. The van der Waals surface area contributed by atoms with Gasteiger partial charge in [0.25, 0.3) is 0 Å². The number of nitrogens with zero attached hydrogens (tertiary/aromatic N) is 2. The first-order chi connectivity index (χ1) is 12.1. The van der Waals surface area contributed by atoms with Crippen LogP contribution < -0.4 is 15.0 Å². The van der Waals surface area contributed by atoms with Crippen molar-refractivity contribution in [3.63, 3.8) is 0 Å². The van der Waals surface area contributed by atoms with Crippen LogP contribution in [0.2, 0.25) is 0 Å². The zero-order valence-corrected chi connectivity index (χ0v) is 15.7. The molecule has 6 heteroatoms. The van der Waals surface area contributed by atoms with Crippen LogP contribution in [0.3, 0.4) is 0 Å². The van der Waals surface area contributed by atoms with Crippen LogP contribution in [0.25, 0.3) is 0 Å². The Kier molecular flexibility index (Phi) is 7.85. The lowest BCUT2D eigenvalue weighted by atomic mass is 10.2. The summed E-state index contributed by atoms with van der Waals surface area (Å²) >= 11 is 0. The first kappa shape index (κ1) is 19.4. The third kappa shape index (κ3) is 6.12. The summed E-state index contributed by atoms with van der Waals surface area (Å²) < 4.78 is 11.2. The Balaban J connectivity index is 1.75. The smallest absolute Gasteiger partial charge is 0.317 e. The van der Waals surface area contributed by atoms with Crippen molar-refractivity contribution in [3.8, 4) is 5.75 Å². The quantitative estimate of drug-likeness (QED) is 0.733. The predicted octanol–water partition coefficient (Wildman–Crippen LogP) is 2.73. The molecule has 0 spiro atoms. The van der Waals surface area contributed by atoms with Crippen LogP contribution in [0.1, 0.15) is 27.2 Å². The second-order valence-electron chi connectivity index (χ2n) is 6.38. The molecule has 0 saturated carbocycles. The summed E-state index contributed by atoms with van der Waals surface area (Å²) in [5, 5.41) is 2.98. The number of rotatable bonds is 8. The molecule has 25 heavy (non-hydrogen) atoms. The average molecular weight is 349 g/mol. The number of benzene rings is 1. The molecule has 0 atom stereocenters. The molecule has 6 nitrogen and oxygen atoms in total. The van der Waals surface area contributed by atoms with Gasteiger partial charge in [0.2, 0.25) is 0 Å². The number of hydrogen-bond acceptors (Lipinski definition) is 4. The normalized spacial score (nSPS) is 14.7.